The molecule has 1 aromatic carbocycles. The normalized spacial score (nSPS) is 9.33. The van der Waals surface area contributed by atoms with Gasteiger partial charge in [-0.25, -0.2) is 0 Å². The lowest BCUT2D eigenvalue weighted by Gasteiger charge is -2.03. The average Bonchev–Trinajstić information content (AvgIpc) is 2.01. The Balaban J connectivity index is 3.16. The van der Waals surface area contributed by atoms with Gasteiger partial charge in [0.15, 0.2) is 0 Å². The maximum atomic E-state index is 8.39. The van der Waals surface area contributed by atoms with Crippen molar-refractivity contribution < 1.29 is 0 Å². The lowest BCUT2D eigenvalue weighted by atomic mass is 10.3. The summed E-state index contributed by atoms with van der Waals surface area (Å²) in [6.45, 7) is 0. The lowest BCUT2D eigenvalue weighted by Crippen LogP contribution is -1.94. The van der Waals surface area contributed by atoms with E-state index in [4.69, 9.17) is 28.3 Å². The molecule has 0 spiro atoms. The highest BCUT2D eigenvalue weighted by Crippen LogP contribution is 2.31. The molecule has 5 heteroatoms. The van der Waals surface area contributed by atoms with Crippen LogP contribution in [-0.2, 0) is 0 Å². The summed E-state index contributed by atoms with van der Waals surface area (Å²) in [5, 5.41) is 10.7. The Labute approximate surface area is 79.3 Å². The Hall–Kier alpha value is -1.05. The zero-order valence-corrected chi connectivity index (χ0v) is 7.62. The third-order valence-corrected chi connectivity index (χ3v) is 2.37. The third-order valence-electron chi connectivity index (χ3n) is 1.29. The van der Waals surface area contributed by atoms with Crippen molar-refractivity contribution in [1.29, 1.82) is 5.26 Å². The summed E-state index contributed by atoms with van der Waals surface area (Å²) in [5.74, 6) is 0. The molecule has 0 amide bonds. The number of thiocyanates is 1. The second kappa shape index (κ2) is 3.57. The van der Waals surface area contributed by atoms with E-state index in [0.717, 1.165) is 11.8 Å². The van der Waals surface area contributed by atoms with Gasteiger partial charge in [0.25, 0.3) is 0 Å². The number of nitrogen functional groups attached to an aromatic ring is 2. The van der Waals surface area contributed by atoms with Crippen molar-refractivity contribution in [2.45, 2.75) is 4.90 Å². The molecule has 0 aliphatic carbocycles. The summed E-state index contributed by atoms with van der Waals surface area (Å²) >= 11 is 6.74. The first-order chi connectivity index (χ1) is 5.65. The SMILES string of the molecule is N#CSc1cc(N)c(N)cc1Cl. The highest BCUT2D eigenvalue weighted by atomic mass is 35.5. The number of thioether (sulfide) groups is 1. The number of benzene rings is 1. The topological polar surface area (TPSA) is 75.8 Å². The fraction of sp³-hybridized carbons (Fsp3) is 0. The van der Waals surface area contributed by atoms with Crippen LogP contribution in [0.3, 0.4) is 0 Å². The first-order valence-electron chi connectivity index (χ1n) is 3.05. The predicted molar refractivity (Wildman–Crippen MR) is 51.7 cm³/mol. The molecule has 0 saturated carbocycles. The van der Waals surface area contributed by atoms with E-state index < -0.39 is 0 Å². The summed E-state index contributed by atoms with van der Waals surface area (Å²) in [6, 6.07) is 3.13. The van der Waals surface area contributed by atoms with Gasteiger partial charge in [-0.05, 0) is 23.9 Å². The van der Waals surface area contributed by atoms with E-state index in [1.165, 1.54) is 6.07 Å². The highest BCUT2D eigenvalue weighted by molar-refractivity contribution is 8.03. The molecule has 0 bridgehead atoms. The van der Waals surface area contributed by atoms with Gasteiger partial charge in [-0.15, -0.1) is 0 Å². The van der Waals surface area contributed by atoms with Crippen LogP contribution in [0, 0.1) is 10.7 Å². The van der Waals surface area contributed by atoms with E-state index in [0.29, 0.717) is 21.3 Å². The van der Waals surface area contributed by atoms with Crippen molar-refractivity contribution in [1.82, 2.24) is 0 Å². The number of hydrogen-bond donors (Lipinski definition) is 2. The van der Waals surface area contributed by atoms with Crippen molar-refractivity contribution in [3.63, 3.8) is 0 Å². The molecule has 0 aliphatic rings. The minimum Gasteiger partial charge on any atom is -0.397 e. The van der Waals surface area contributed by atoms with E-state index in [9.17, 15) is 0 Å². The number of nitrogens with two attached hydrogens (primary N) is 2. The van der Waals surface area contributed by atoms with Crippen molar-refractivity contribution >= 4 is 34.7 Å². The molecule has 0 unspecified atom stereocenters. The van der Waals surface area contributed by atoms with E-state index in [1.807, 2.05) is 5.40 Å². The van der Waals surface area contributed by atoms with Gasteiger partial charge in [-0.3, -0.25) is 0 Å². The molecule has 3 nitrogen and oxygen atoms in total. The molecule has 0 aliphatic heterocycles. The first-order valence-corrected chi connectivity index (χ1v) is 4.25. The predicted octanol–water partition coefficient (Wildman–Crippen LogP) is 2.08. The second-order valence-corrected chi connectivity index (χ2v) is 3.34. The van der Waals surface area contributed by atoms with Gasteiger partial charge in [0, 0.05) is 4.90 Å². The fourth-order valence-corrected chi connectivity index (χ4v) is 1.44. The molecular weight excluding hydrogens is 194 g/mol. The zero-order chi connectivity index (χ0) is 9.14. The standard InChI is InChI=1S/C7H6ClN3S/c8-4-1-5(10)6(11)2-7(4)12-3-9/h1-2H,10-11H2. The van der Waals surface area contributed by atoms with Crippen LogP contribution < -0.4 is 11.5 Å². The van der Waals surface area contributed by atoms with E-state index >= 15 is 0 Å². The summed E-state index contributed by atoms with van der Waals surface area (Å²) in [6.07, 6.45) is 0. The monoisotopic (exact) mass is 199 g/mol. The maximum Gasteiger partial charge on any atom is 0.138 e. The number of rotatable bonds is 1. The van der Waals surface area contributed by atoms with Gasteiger partial charge in [0.2, 0.25) is 0 Å². The molecule has 1 aromatic rings. The molecule has 0 aromatic heterocycles. The number of hydrogen-bond acceptors (Lipinski definition) is 4. The fourth-order valence-electron chi connectivity index (χ4n) is 0.712. The van der Waals surface area contributed by atoms with Gasteiger partial charge in [-0.2, -0.15) is 5.26 Å². The smallest absolute Gasteiger partial charge is 0.138 e. The van der Waals surface area contributed by atoms with Gasteiger partial charge in [0.1, 0.15) is 5.40 Å². The van der Waals surface area contributed by atoms with Crippen LogP contribution in [-0.4, -0.2) is 0 Å². The number of anilines is 2. The maximum absolute atomic E-state index is 8.39. The van der Waals surface area contributed by atoms with E-state index in [2.05, 4.69) is 0 Å². The lowest BCUT2D eigenvalue weighted by molar-refractivity contribution is 1.46. The molecular formula is C7H6ClN3S. The molecule has 1 rings (SSSR count). The van der Waals surface area contributed by atoms with Crippen LogP contribution in [0.4, 0.5) is 11.4 Å². The molecule has 0 heterocycles. The van der Waals surface area contributed by atoms with Crippen LogP contribution in [0.2, 0.25) is 5.02 Å². The third kappa shape index (κ3) is 1.76. The number of nitriles is 1. The summed E-state index contributed by atoms with van der Waals surface area (Å²) in [4.78, 5) is 0.630. The Morgan fingerprint density at radius 2 is 1.92 bits per heavy atom. The van der Waals surface area contributed by atoms with Crippen LogP contribution in [0.5, 0.6) is 0 Å². The van der Waals surface area contributed by atoms with Gasteiger partial charge >= 0.3 is 0 Å². The summed E-state index contributed by atoms with van der Waals surface area (Å²) < 4.78 is 0. The van der Waals surface area contributed by atoms with Crippen LogP contribution >= 0.6 is 23.4 Å². The second-order valence-electron chi connectivity index (χ2n) is 2.10. The quantitative estimate of drug-likeness (QED) is 0.413. The Morgan fingerprint density at radius 3 is 2.50 bits per heavy atom. The molecule has 0 fully saturated rings. The Bertz CT molecular complexity index is 345. The molecule has 0 saturated heterocycles. The number of halogens is 1. The molecule has 4 N–H and O–H groups in total. The molecule has 12 heavy (non-hydrogen) atoms. The minimum absolute atomic E-state index is 0.433. The van der Waals surface area contributed by atoms with Crippen LogP contribution in [0.25, 0.3) is 0 Å². The van der Waals surface area contributed by atoms with Crippen molar-refractivity contribution in [3.05, 3.63) is 17.2 Å². The van der Waals surface area contributed by atoms with Gasteiger partial charge in [-0.1, -0.05) is 11.6 Å². The molecule has 62 valence electrons. The van der Waals surface area contributed by atoms with Crippen LogP contribution in [0.15, 0.2) is 17.0 Å². The zero-order valence-electron chi connectivity index (χ0n) is 6.04. The van der Waals surface area contributed by atoms with E-state index in [-0.39, 0.29) is 0 Å². The largest absolute Gasteiger partial charge is 0.397 e. The van der Waals surface area contributed by atoms with Gasteiger partial charge in [0.05, 0.1) is 16.4 Å². The average molecular weight is 200 g/mol. The summed E-state index contributed by atoms with van der Waals surface area (Å²) in [5.41, 5.74) is 11.9. The first kappa shape index (κ1) is 9.04. The highest BCUT2D eigenvalue weighted by Gasteiger charge is 2.04. The van der Waals surface area contributed by atoms with Crippen molar-refractivity contribution in [3.8, 4) is 5.40 Å². The molecule has 0 atom stereocenters. The Morgan fingerprint density at radius 1 is 1.33 bits per heavy atom. The van der Waals surface area contributed by atoms with E-state index in [1.54, 1.807) is 6.07 Å². The van der Waals surface area contributed by atoms with Crippen LogP contribution in [0.1, 0.15) is 0 Å². The van der Waals surface area contributed by atoms with Gasteiger partial charge < -0.3 is 11.5 Å². The van der Waals surface area contributed by atoms with Crippen molar-refractivity contribution in [2.24, 2.45) is 0 Å². The minimum atomic E-state index is 0.433. The summed E-state index contributed by atoms with van der Waals surface area (Å²) in [7, 11) is 0. The number of nitrogens with zero attached hydrogens (tertiary/aromatic N) is 1. The van der Waals surface area contributed by atoms with Crippen molar-refractivity contribution in [2.75, 3.05) is 11.5 Å². The molecule has 0 radical (unpaired) electrons. The Kier molecular flexibility index (Phi) is 2.69.